The van der Waals surface area contributed by atoms with Gasteiger partial charge in [-0.15, -0.1) is 0 Å². The third kappa shape index (κ3) is 2.11. The van der Waals surface area contributed by atoms with Crippen LogP contribution in [0.4, 0.5) is 0 Å². The van der Waals surface area contributed by atoms with Gasteiger partial charge in [0.15, 0.2) is 0 Å². The number of hydrogen-bond donors (Lipinski definition) is 1. The minimum Gasteiger partial charge on any atom is -0.495 e. The van der Waals surface area contributed by atoms with E-state index in [0.29, 0.717) is 23.1 Å². The molecule has 0 unspecified atom stereocenters. The second-order valence-corrected chi connectivity index (χ2v) is 3.19. The normalized spacial score (nSPS) is 10.0. The van der Waals surface area contributed by atoms with Crippen LogP contribution in [0.1, 0.15) is 5.56 Å². The van der Waals surface area contributed by atoms with Gasteiger partial charge in [0.1, 0.15) is 16.5 Å². The molecule has 1 aromatic rings. The standard InChI is InChI=1S/C10H14ClNO2/c1-13-8-4-3-7(5-6-12)10(14-2)9(8)11/h3-4H,5-6,12H2,1-2H3. The van der Waals surface area contributed by atoms with Gasteiger partial charge in [0.05, 0.1) is 14.2 Å². The number of ether oxygens (including phenoxy) is 2. The van der Waals surface area contributed by atoms with Crippen LogP contribution >= 0.6 is 11.6 Å². The van der Waals surface area contributed by atoms with Crippen molar-refractivity contribution in [2.45, 2.75) is 6.42 Å². The van der Waals surface area contributed by atoms with E-state index in [1.54, 1.807) is 14.2 Å². The summed E-state index contributed by atoms with van der Waals surface area (Å²) in [7, 11) is 3.16. The molecule has 0 saturated carbocycles. The molecule has 0 spiro atoms. The van der Waals surface area contributed by atoms with E-state index in [4.69, 9.17) is 26.8 Å². The molecular formula is C10H14ClNO2. The number of rotatable bonds is 4. The fourth-order valence-corrected chi connectivity index (χ4v) is 1.65. The van der Waals surface area contributed by atoms with Crippen molar-refractivity contribution in [1.82, 2.24) is 0 Å². The fraction of sp³-hybridized carbons (Fsp3) is 0.400. The van der Waals surface area contributed by atoms with E-state index in [2.05, 4.69) is 0 Å². The molecule has 0 aliphatic heterocycles. The molecule has 1 rings (SSSR count). The summed E-state index contributed by atoms with van der Waals surface area (Å²) in [4.78, 5) is 0. The average molecular weight is 216 g/mol. The highest BCUT2D eigenvalue weighted by Gasteiger charge is 2.11. The maximum absolute atomic E-state index is 6.06. The van der Waals surface area contributed by atoms with Gasteiger partial charge in [0.2, 0.25) is 0 Å². The predicted molar refractivity (Wildman–Crippen MR) is 57.3 cm³/mol. The van der Waals surface area contributed by atoms with Gasteiger partial charge in [0.25, 0.3) is 0 Å². The molecule has 0 atom stereocenters. The summed E-state index contributed by atoms with van der Waals surface area (Å²) in [6.45, 7) is 0.568. The molecule has 2 N–H and O–H groups in total. The van der Waals surface area contributed by atoms with Crippen molar-refractivity contribution in [2.24, 2.45) is 5.73 Å². The molecule has 78 valence electrons. The van der Waals surface area contributed by atoms with E-state index in [-0.39, 0.29) is 0 Å². The smallest absolute Gasteiger partial charge is 0.144 e. The summed E-state index contributed by atoms with van der Waals surface area (Å²) in [5, 5.41) is 0.501. The molecule has 0 amide bonds. The Kier molecular flexibility index (Phi) is 4.04. The Morgan fingerprint density at radius 2 is 2.00 bits per heavy atom. The minimum absolute atomic E-state index is 0.501. The Morgan fingerprint density at radius 1 is 1.29 bits per heavy atom. The van der Waals surface area contributed by atoms with Gasteiger partial charge in [-0.25, -0.2) is 0 Å². The monoisotopic (exact) mass is 215 g/mol. The first kappa shape index (κ1) is 11.1. The van der Waals surface area contributed by atoms with Crippen LogP contribution in [-0.2, 0) is 6.42 Å². The summed E-state index contributed by atoms with van der Waals surface area (Å²) in [6, 6.07) is 3.73. The van der Waals surface area contributed by atoms with Crippen LogP contribution in [0.25, 0.3) is 0 Å². The van der Waals surface area contributed by atoms with Crippen molar-refractivity contribution < 1.29 is 9.47 Å². The number of hydrogen-bond acceptors (Lipinski definition) is 3. The zero-order valence-corrected chi connectivity index (χ0v) is 9.10. The van der Waals surface area contributed by atoms with E-state index in [0.717, 1.165) is 12.0 Å². The first-order valence-corrected chi connectivity index (χ1v) is 4.71. The third-order valence-corrected chi connectivity index (χ3v) is 2.34. The average Bonchev–Trinajstić information content (AvgIpc) is 2.19. The zero-order chi connectivity index (χ0) is 10.6. The summed E-state index contributed by atoms with van der Waals surface area (Å²) in [5.74, 6) is 1.26. The maximum atomic E-state index is 6.06. The predicted octanol–water partition coefficient (Wildman–Crippen LogP) is 1.86. The topological polar surface area (TPSA) is 44.5 Å². The lowest BCUT2D eigenvalue weighted by Gasteiger charge is -2.12. The number of benzene rings is 1. The summed E-state index contributed by atoms with van der Waals surface area (Å²) in [5.41, 5.74) is 6.48. The maximum Gasteiger partial charge on any atom is 0.144 e. The quantitative estimate of drug-likeness (QED) is 0.834. The molecule has 0 heterocycles. The van der Waals surface area contributed by atoms with Crippen LogP contribution in [0, 0.1) is 0 Å². The van der Waals surface area contributed by atoms with Crippen molar-refractivity contribution in [1.29, 1.82) is 0 Å². The van der Waals surface area contributed by atoms with Gasteiger partial charge in [0, 0.05) is 0 Å². The van der Waals surface area contributed by atoms with Crippen molar-refractivity contribution in [3.63, 3.8) is 0 Å². The van der Waals surface area contributed by atoms with Crippen molar-refractivity contribution >= 4 is 11.6 Å². The Morgan fingerprint density at radius 3 is 2.50 bits per heavy atom. The molecule has 0 aliphatic carbocycles. The van der Waals surface area contributed by atoms with E-state index < -0.39 is 0 Å². The van der Waals surface area contributed by atoms with Gasteiger partial charge < -0.3 is 15.2 Å². The van der Waals surface area contributed by atoms with E-state index in [1.807, 2.05) is 12.1 Å². The number of methoxy groups -OCH3 is 2. The van der Waals surface area contributed by atoms with Crippen molar-refractivity contribution in [3.8, 4) is 11.5 Å². The first-order chi connectivity index (χ1) is 6.74. The zero-order valence-electron chi connectivity index (χ0n) is 8.34. The van der Waals surface area contributed by atoms with Gasteiger partial charge >= 0.3 is 0 Å². The molecule has 14 heavy (non-hydrogen) atoms. The Balaban J connectivity index is 3.14. The number of nitrogens with two attached hydrogens (primary N) is 1. The van der Waals surface area contributed by atoms with Gasteiger partial charge in [-0.2, -0.15) is 0 Å². The van der Waals surface area contributed by atoms with Crippen LogP contribution in [0.3, 0.4) is 0 Å². The third-order valence-electron chi connectivity index (χ3n) is 1.98. The van der Waals surface area contributed by atoms with Crippen molar-refractivity contribution in [2.75, 3.05) is 20.8 Å². The molecule has 0 bridgehead atoms. The van der Waals surface area contributed by atoms with Crippen molar-refractivity contribution in [3.05, 3.63) is 22.7 Å². The summed E-state index contributed by atoms with van der Waals surface area (Å²) < 4.78 is 10.3. The van der Waals surface area contributed by atoms with E-state index >= 15 is 0 Å². The Hall–Kier alpha value is -0.930. The van der Waals surface area contributed by atoms with Crippen LogP contribution in [0.2, 0.25) is 5.02 Å². The van der Waals surface area contributed by atoms with Crippen LogP contribution in [0.5, 0.6) is 11.5 Å². The lowest BCUT2D eigenvalue weighted by molar-refractivity contribution is 0.391. The lowest BCUT2D eigenvalue weighted by atomic mass is 10.1. The van der Waals surface area contributed by atoms with Gasteiger partial charge in [-0.1, -0.05) is 17.7 Å². The summed E-state index contributed by atoms with van der Waals surface area (Å²) >= 11 is 6.06. The SMILES string of the molecule is COc1ccc(CCN)c(OC)c1Cl. The van der Waals surface area contributed by atoms with Crippen LogP contribution < -0.4 is 15.2 Å². The fourth-order valence-electron chi connectivity index (χ4n) is 1.31. The van der Waals surface area contributed by atoms with Gasteiger partial charge in [-0.05, 0) is 24.6 Å². The van der Waals surface area contributed by atoms with E-state index in [1.165, 1.54) is 0 Å². The van der Waals surface area contributed by atoms with Crippen LogP contribution in [-0.4, -0.2) is 20.8 Å². The lowest BCUT2D eigenvalue weighted by Crippen LogP contribution is -2.04. The molecule has 3 nitrogen and oxygen atoms in total. The highest BCUT2D eigenvalue weighted by atomic mass is 35.5. The molecular weight excluding hydrogens is 202 g/mol. The second kappa shape index (κ2) is 5.08. The molecule has 0 aromatic heterocycles. The molecule has 0 radical (unpaired) electrons. The Labute approximate surface area is 88.8 Å². The van der Waals surface area contributed by atoms with Gasteiger partial charge in [-0.3, -0.25) is 0 Å². The molecule has 4 heteroatoms. The first-order valence-electron chi connectivity index (χ1n) is 4.34. The second-order valence-electron chi connectivity index (χ2n) is 2.81. The molecule has 0 saturated heterocycles. The van der Waals surface area contributed by atoms with E-state index in [9.17, 15) is 0 Å². The summed E-state index contributed by atoms with van der Waals surface area (Å²) in [6.07, 6.45) is 0.743. The highest BCUT2D eigenvalue weighted by molar-refractivity contribution is 6.33. The minimum atomic E-state index is 0.501. The number of halogens is 1. The largest absolute Gasteiger partial charge is 0.495 e. The molecule has 0 fully saturated rings. The molecule has 0 aliphatic rings. The molecule has 1 aromatic carbocycles. The van der Waals surface area contributed by atoms with Crippen LogP contribution in [0.15, 0.2) is 12.1 Å². The Bertz CT molecular complexity index is 315. The highest BCUT2D eigenvalue weighted by Crippen LogP contribution is 2.36.